The Labute approximate surface area is 131 Å². The van der Waals surface area contributed by atoms with Crippen molar-refractivity contribution in [3.05, 3.63) is 70.5 Å². The van der Waals surface area contributed by atoms with Crippen molar-refractivity contribution in [1.82, 2.24) is 4.98 Å². The first-order valence-electron chi connectivity index (χ1n) is 6.25. The Kier molecular flexibility index (Phi) is 3.78. The van der Waals surface area contributed by atoms with Crippen molar-refractivity contribution in [2.45, 2.75) is 0 Å². The van der Waals surface area contributed by atoms with Gasteiger partial charge in [0.1, 0.15) is 5.15 Å². The summed E-state index contributed by atoms with van der Waals surface area (Å²) in [5.41, 5.74) is 0.993. The van der Waals surface area contributed by atoms with E-state index in [2.05, 4.69) is 10.3 Å². The van der Waals surface area contributed by atoms with Crippen molar-refractivity contribution in [3.63, 3.8) is 0 Å². The van der Waals surface area contributed by atoms with Crippen LogP contribution in [0.2, 0.25) is 10.2 Å². The Morgan fingerprint density at radius 3 is 2.57 bits per heavy atom. The normalized spacial score (nSPS) is 10.6. The number of fused-ring (bicyclic) bond motifs is 1. The molecular weight excluding hydrogens is 307 g/mol. The molecule has 104 valence electrons. The van der Waals surface area contributed by atoms with E-state index in [1.54, 1.807) is 0 Å². The monoisotopic (exact) mass is 316 g/mol. The number of rotatable bonds is 2. The molecule has 3 rings (SSSR count). The van der Waals surface area contributed by atoms with E-state index < -0.39 is 0 Å². The first-order valence-corrected chi connectivity index (χ1v) is 7.00. The minimum absolute atomic E-state index is 0.225. The molecule has 0 spiro atoms. The SMILES string of the molecule is O=C(Nc1ccc2ccccc2c1)c1cc(Cl)ncc1Cl. The van der Waals surface area contributed by atoms with Crippen LogP contribution in [-0.2, 0) is 0 Å². The smallest absolute Gasteiger partial charge is 0.257 e. The van der Waals surface area contributed by atoms with Crippen LogP contribution in [0.4, 0.5) is 5.69 Å². The van der Waals surface area contributed by atoms with Crippen LogP contribution in [0.1, 0.15) is 10.4 Å². The molecule has 3 aromatic rings. The molecule has 5 heteroatoms. The van der Waals surface area contributed by atoms with Gasteiger partial charge in [0.25, 0.3) is 5.91 Å². The molecule has 0 aliphatic heterocycles. The quantitative estimate of drug-likeness (QED) is 0.690. The number of carbonyl (C=O) groups excluding carboxylic acids is 1. The van der Waals surface area contributed by atoms with Crippen molar-refractivity contribution in [2.24, 2.45) is 0 Å². The summed E-state index contributed by atoms with van der Waals surface area (Å²) < 4.78 is 0. The van der Waals surface area contributed by atoms with Gasteiger partial charge in [-0.1, -0.05) is 53.5 Å². The zero-order valence-corrected chi connectivity index (χ0v) is 12.3. The number of carbonyl (C=O) groups is 1. The zero-order valence-electron chi connectivity index (χ0n) is 10.8. The molecule has 1 heterocycles. The Morgan fingerprint density at radius 2 is 1.76 bits per heavy atom. The highest BCUT2D eigenvalue weighted by atomic mass is 35.5. The maximum Gasteiger partial charge on any atom is 0.257 e. The van der Waals surface area contributed by atoms with Gasteiger partial charge in [-0.2, -0.15) is 0 Å². The van der Waals surface area contributed by atoms with Gasteiger partial charge in [-0.05, 0) is 29.0 Å². The Bertz CT molecular complexity index is 833. The predicted octanol–water partition coefficient (Wildman–Crippen LogP) is 4.79. The lowest BCUT2D eigenvalue weighted by molar-refractivity contribution is 0.102. The van der Waals surface area contributed by atoms with Gasteiger partial charge in [0, 0.05) is 11.9 Å². The molecule has 0 bridgehead atoms. The maximum atomic E-state index is 12.2. The van der Waals surface area contributed by atoms with Gasteiger partial charge in [-0.3, -0.25) is 4.79 Å². The van der Waals surface area contributed by atoms with E-state index in [1.165, 1.54) is 12.3 Å². The molecule has 0 radical (unpaired) electrons. The predicted molar refractivity (Wildman–Crippen MR) is 86.2 cm³/mol. The van der Waals surface area contributed by atoms with Crippen LogP contribution in [0, 0.1) is 0 Å². The largest absolute Gasteiger partial charge is 0.322 e. The first kappa shape index (κ1) is 13.9. The first-order chi connectivity index (χ1) is 10.1. The summed E-state index contributed by atoms with van der Waals surface area (Å²) in [6.07, 6.45) is 1.36. The van der Waals surface area contributed by atoms with E-state index in [4.69, 9.17) is 23.2 Å². The van der Waals surface area contributed by atoms with Gasteiger partial charge in [0.15, 0.2) is 0 Å². The summed E-state index contributed by atoms with van der Waals surface area (Å²) in [5.74, 6) is -0.320. The van der Waals surface area contributed by atoms with E-state index in [9.17, 15) is 4.79 Å². The van der Waals surface area contributed by atoms with Crippen LogP contribution in [0.25, 0.3) is 10.8 Å². The molecule has 0 aliphatic rings. The van der Waals surface area contributed by atoms with E-state index in [-0.39, 0.29) is 16.1 Å². The lowest BCUT2D eigenvalue weighted by Crippen LogP contribution is -2.12. The van der Waals surface area contributed by atoms with Gasteiger partial charge in [0.05, 0.1) is 10.6 Å². The standard InChI is InChI=1S/C16H10Cl2N2O/c17-14-9-19-15(18)8-13(14)16(21)20-12-6-5-10-3-1-2-4-11(10)7-12/h1-9H,(H,20,21). The summed E-state index contributed by atoms with van der Waals surface area (Å²) in [4.78, 5) is 16.1. The average molecular weight is 317 g/mol. The van der Waals surface area contributed by atoms with Crippen molar-refractivity contribution >= 4 is 45.6 Å². The molecule has 0 saturated heterocycles. The number of hydrogen-bond donors (Lipinski definition) is 1. The average Bonchev–Trinajstić information content (AvgIpc) is 2.49. The molecule has 0 unspecified atom stereocenters. The van der Waals surface area contributed by atoms with E-state index in [0.717, 1.165) is 10.8 Å². The topological polar surface area (TPSA) is 42.0 Å². The van der Waals surface area contributed by atoms with E-state index in [0.29, 0.717) is 11.3 Å². The zero-order chi connectivity index (χ0) is 14.8. The summed E-state index contributed by atoms with van der Waals surface area (Å²) in [7, 11) is 0. The molecule has 1 aromatic heterocycles. The number of amides is 1. The maximum absolute atomic E-state index is 12.2. The Balaban J connectivity index is 1.90. The third-order valence-corrected chi connectivity index (χ3v) is 3.58. The molecule has 3 nitrogen and oxygen atoms in total. The number of anilines is 1. The Morgan fingerprint density at radius 1 is 1.00 bits per heavy atom. The third-order valence-electron chi connectivity index (χ3n) is 3.07. The lowest BCUT2D eigenvalue weighted by atomic mass is 10.1. The lowest BCUT2D eigenvalue weighted by Gasteiger charge is -2.08. The van der Waals surface area contributed by atoms with Gasteiger partial charge in [0.2, 0.25) is 0 Å². The summed E-state index contributed by atoms with van der Waals surface area (Å²) >= 11 is 11.8. The second-order valence-electron chi connectivity index (χ2n) is 4.50. The van der Waals surface area contributed by atoms with Crippen LogP contribution in [0.3, 0.4) is 0 Å². The summed E-state index contributed by atoms with van der Waals surface area (Å²) in [6, 6.07) is 15.1. The number of aromatic nitrogens is 1. The van der Waals surface area contributed by atoms with Crippen molar-refractivity contribution in [3.8, 4) is 0 Å². The van der Waals surface area contributed by atoms with Gasteiger partial charge in [-0.25, -0.2) is 4.98 Å². The Hall–Kier alpha value is -2.10. The molecule has 2 aromatic carbocycles. The van der Waals surface area contributed by atoms with Crippen LogP contribution < -0.4 is 5.32 Å². The van der Waals surface area contributed by atoms with Crippen LogP contribution in [0.5, 0.6) is 0 Å². The summed E-state index contributed by atoms with van der Waals surface area (Å²) in [6.45, 7) is 0. The molecule has 1 N–H and O–H groups in total. The van der Waals surface area contributed by atoms with E-state index in [1.807, 2.05) is 42.5 Å². The van der Waals surface area contributed by atoms with Crippen LogP contribution in [0.15, 0.2) is 54.7 Å². The van der Waals surface area contributed by atoms with Crippen LogP contribution >= 0.6 is 23.2 Å². The van der Waals surface area contributed by atoms with Gasteiger partial charge in [-0.15, -0.1) is 0 Å². The van der Waals surface area contributed by atoms with E-state index >= 15 is 0 Å². The number of pyridine rings is 1. The second-order valence-corrected chi connectivity index (χ2v) is 5.30. The minimum Gasteiger partial charge on any atom is -0.322 e. The summed E-state index contributed by atoms with van der Waals surface area (Å²) in [5, 5.41) is 5.46. The fraction of sp³-hybridized carbons (Fsp3) is 0. The molecular formula is C16H10Cl2N2O. The highest BCUT2D eigenvalue weighted by Crippen LogP contribution is 2.22. The van der Waals surface area contributed by atoms with Crippen molar-refractivity contribution in [2.75, 3.05) is 5.32 Å². The fourth-order valence-corrected chi connectivity index (χ4v) is 2.40. The number of nitrogens with one attached hydrogen (secondary N) is 1. The molecule has 21 heavy (non-hydrogen) atoms. The molecule has 0 fully saturated rings. The molecule has 1 amide bonds. The number of nitrogens with zero attached hydrogens (tertiary/aromatic N) is 1. The van der Waals surface area contributed by atoms with Crippen molar-refractivity contribution in [1.29, 1.82) is 0 Å². The molecule has 0 aliphatic carbocycles. The second kappa shape index (κ2) is 5.72. The molecule has 0 saturated carbocycles. The van der Waals surface area contributed by atoms with Crippen LogP contribution in [-0.4, -0.2) is 10.9 Å². The number of halogens is 2. The number of benzene rings is 2. The minimum atomic E-state index is -0.320. The highest BCUT2D eigenvalue weighted by Gasteiger charge is 2.12. The van der Waals surface area contributed by atoms with Crippen molar-refractivity contribution < 1.29 is 4.79 Å². The highest BCUT2D eigenvalue weighted by molar-refractivity contribution is 6.35. The van der Waals surface area contributed by atoms with Gasteiger partial charge < -0.3 is 5.32 Å². The molecule has 0 atom stereocenters. The third kappa shape index (κ3) is 2.99. The fourth-order valence-electron chi connectivity index (χ4n) is 2.05. The number of hydrogen-bond acceptors (Lipinski definition) is 2. The van der Waals surface area contributed by atoms with Gasteiger partial charge >= 0.3 is 0 Å².